The minimum atomic E-state index is -0.637. The van der Waals surface area contributed by atoms with Gasteiger partial charge in [0, 0.05) is 31.0 Å². The van der Waals surface area contributed by atoms with Crippen molar-refractivity contribution < 1.29 is 24.2 Å². The molecule has 3 aliphatic heterocycles. The molecule has 0 aliphatic carbocycles. The first-order chi connectivity index (χ1) is 17.8. The minimum absolute atomic E-state index is 0.0729. The van der Waals surface area contributed by atoms with Crippen molar-refractivity contribution in [2.45, 2.75) is 74.5 Å². The second-order valence-electron chi connectivity index (χ2n) is 10.6. The van der Waals surface area contributed by atoms with E-state index in [4.69, 9.17) is 9.84 Å². The third-order valence-corrected chi connectivity index (χ3v) is 10.2. The van der Waals surface area contributed by atoms with Crippen LogP contribution in [0.3, 0.4) is 0 Å². The lowest BCUT2D eigenvalue weighted by atomic mass is 9.66. The minimum Gasteiger partial charge on any atom is -0.466 e. The number of hydrogen-bond donors (Lipinski definition) is 1. The highest BCUT2D eigenvalue weighted by Gasteiger charge is 2.77. The molecule has 2 unspecified atom stereocenters. The van der Waals surface area contributed by atoms with Crippen molar-refractivity contribution in [2.24, 2.45) is 11.8 Å². The number of unbranched alkanes of at least 4 members (excludes halogenated alkanes) is 3. The topological polar surface area (TPSA) is 87.2 Å². The van der Waals surface area contributed by atoms with Crippen LogP contribution < -0.4 is 0 Å². The summed E-state index contributed by atoms with van der Waals surface area (Å²) in [5, 5.41) is 9.13. The van der Waals surface area contributed by atoms with E-state index in [2.05, 4.69) is 13.5 Å². The average molecular weight is 529 g/mol. The summed E-state index contributed by atoms with van der Waals surface area (Å²) < 4.78 is 4.41. The molecule has 3 aliphatic rings. The van der Waals surface area contributed by atoms with E-state index in [1.165, 1.54) is 0 Å². The summed E-state index contributed by atoms with van der Waals surface area (Å²) in [6, 6.07) is 9.23. The molecule has 5 atom stereocenters. The predicted octanol–water partition coefficient (Wildman–Crippen LogP) is 3.80. The first-order valence-electron chi connectivity index (χ1n) is 13.5. The molecule has 2 amide bonds. The Bertz CT molecular complexity index is 1000. The number of hydrogen-bond acceptors (Lipinski definition) is 6. The summed E-state index contributed by atoms with van der Waals surface area (Å²) in [4.78, 5) is 45.2. The fourth-order valence-electron chi connectivity index (χ4n) is 6.65. The molecule has 0 saturated carbocycles. The maximum Gasteiger partial charge on any atom is 0.311 e. The molecule has 3 fully saturated rings. The van der Waals surface area contributed by atoms with Crippen molar-refractivity contribution in [2.75, 3.05) is 26.3 Å². The van der Waals surface area contributed by atoms with Gasteiger partial charge in [0.15, 0.2) is 0 Å². The van der Waals surface area contributed by atoms with Gasteiger partial charge in [-0.1, -0.05) is 49.2 Å². The SMILES string of the molecule is C=CCN(Cc1ccccc1)C(=O)C1N(CCCCCCO)C(=O)[C@@H]2[C@H](C(=O)OCC)[C@]3(C)CCC12S3. The van der Waals surface area contributed by atoms with E-state index in [0.29, 0.717) is 19.6 Å². The van der Waals surface area contributed by atoms with Crippen LogP contribution in [0.25, 0.3) is 0 Å². The largest absolute Gasteiger partial charge is 0.466 e. The van der Waals surface area contributed by atoms with Crippen LogP contribution in [0.4, 0.5) is 0 Å². The molecule has 2 bridgehead atoms. The van der Waals surface area contributed by atoms with Gasteiger partial charge in [0.25, 0.3) is 0 Å². The molecule has 1 spiro atoms. The highest BCUT2D eigenvalue weighted by atomic mass is 32.2. The number of aliphatic hydroxyl groups is 1. The standard InChI is InChI=1S/C29H40N2O5S/c1-4-17-30(20-21-13-9-8-10-14-21)26(34)24-29-16-15-28(3,37-29)23(27(35)36-5-2)22(29)25(33)31(24)18-11-6-7-12-19-32/h4,8-10,13-14,22-24,32H,1,5-7,11-12,15-20H2,2-3H3/t22-,23+,24?,28-,29?/m0/s1. The Morgan fingerprint density at radius 3 is 2.62 bits per heavy atom. The highest BCUT2D eigenvalue weighted by molar-refractivity contribution is 8.02. The zero-order valence-electron chi connectivity index (χ0n) is 22.1. The van der Waals surface area contributed by atoms with Crippen LogP contribution in [0.5, 0.6) is 0 Å². The molecule has 1 aromatic rings. The normalized spacial score (nSPS) is 29.9. The van der Waals surface area contributed by atoms with Crippen LogP contribution in [-0.2, 0) is 25.7 Å². The number of thioether (sulfide) groups is 1. The first kappa shape index (κ1) is 27.7. The Kier molecular flexibility index (Phi) is 8.69. The second-order valence-corrected chi connectivity index (χ2v) is 12.5. The van der Waals surface area contributed by atoms with E-state index in [1.807, 2.05) is 30.3 Å². The molecule has 1 aromatic carbocycles. The van der Waals surface area contributed by atoms with Gasteiger partial charge in [0.2, 0.25) is 11.8 Å². The molecule has 3 heterocycles. The van der Waals surface area contributed by atoms with Crippen LogP contribution in [0.15, 0.2) is 43.0 Å². The number of nitrogens with zero attached hydrogens (tertiary/aromatic N) is 2. The summed E-state index contributed by atoms with van der Waals surface area (Å²) >= 11 is 1.68. The van der Waals surface area contributed by atoms with Gasteiger partial charge in [0.05, 0.1) is 23.2 Å². The Hall–Kier alpha value is -2.32. The van der Waals surface area contributed by atoms with Crippen LogP contribution >= 0.6 is 11.8 Å². The van der Waals surface area contributed by atoms with Gasteiger partial charge in [-0.2, -0.15) is 0 Å². The lowest BCUT2D eigenvalue weighted by Crippen LogP contribution is -2.54. The Morgan fingerprint density at radius 2 is 1.95 bits per heavy atom. The number of fused-ring (bicyclic) bond motifs is 1. The number of rotatable bonds is 13. The molecule has 0 aromatic heterocycles. The number of aliphatic hydroxyl groups excluding tert-OH is 1. The molecular formula is C29H40N2O5S. The van der Waals surface area contributed by atoms with Crippen molar-refractivity contribution in [3.63, 3.8) is 0 Å². The third kappa shape index (κ3) is 5.07. The molecule has 37 heavy (non-hydrogen) atoms. The molecule has 8 heteroatoms. The number of ether oxygens (including phenoxy) is 1. The zero-order valence-corrected chi connectivity index (χ0v) is 22.9. The third-order valence-electron chi connectivity index (χ3n) is 8.24. The van der Waals surface area contributed by atoms with Gasteiger partial charge in [-0.15, -0.1) is 18.3 Å². The summed E-state index contributed by atoms with van der Waals surface area (Å²) in [6.45, 7) is 9.44. The molecular weight excluding hydrogens is 488 g/mol. The fourth-order valence-corrected chi connectivity index (χ4v) is 8.99. The maximum atomic E-state index is 14.4. The number of esters is 1. The van der Waals surface area contributed by atoms with Gasteiger partial charge >= 0.3 is 5.97 Å². The van der Waals surface area contributed by atoms with Gasteiger partial charge in [0.1, 0.15) is 6.04 Å². The number of carbonyl (C=O) groups is 3. The zero-order chi connectivity index (χ0) is 26.6. The fraction of sp³-hybridized carbons (Fsp3) is 0.621. The van der Waals surface area contributed by atoms with Crippen LogP contribution in [0.1, 0.15) is 57.9 Å². The molecule has 4 rings (SSSR count). The summed E-state index contributed by atoms with van der Waals surface area (Å²) in [6.07, 6.45) is 6.46. The van der Waals surface area contributed by atoms with E-state index in [-0.39, 0.29) is 31.0 Å². The average Bonchev–Trinajstić information content (AvgIpc) is 3.45. The van der Waals surface area contributed by atoms with Crippen LogP contribution in [-0.4, -0.2) is 74.5 Å². The smallest absolute Gasteiger partial charge is 0.311 e. The highest BCUT2D eigenvalue weighted by Crippen LogP contribution is 2.71. The van der Waals surface area contributed by atoms with Gasteiger partial charge in [-0.3, -0.25) is 14.4 Å². The molecule has 0 radical (unpaired) electrons. The van der Waals surface area contributed by atoms with Gasteiger partial charge in [-0.25, -0.2) is 0 Å². The van der Waals surface area contributed by atoms with Crippen molar-refractivity contribution >= 4 is 29.5 Å². The molecule has 7 nitrogen and oxygen atoms in total. The molecule has 1 N–H and O–H groups in total. The summed E-state index contributed by atoms with van der Waals surface area (Å²) in [7, 11) is 0. The number of likely N-dealkylation sites (tertiary alicyclic amines) is 1. The quantitative estimate of drug-likeness (QED) is 0.238. The van der Waals surface area contributed by atoms with Crippen molar-refractivity contribution in [1.29, 1.82) is 0 Å². The van der Waals surface area contributed by atoms with E-state index >= 15 is 0 Å². The second kappa shape index (κ2) is 11.6. The summed E-state index contributed by atoms with van der Waals surface area (Å²) in [5.41, 5.74) is 1.02. The van der Waals surface area contributed by atoms with E-state index < -0.39 is 27.4 Å². The van der Waals surface area contributed by atoms with Crippen LogP contribution in [0, 0.1) is 11.8 Å². The lowest BCUT2D eigenvalue weighted by molar-refractivity contribution is -0.155. The van der Waals surface area contributed by atoms with Crippen molar-refractivity contribution in [3.8, 4) is 0 Å². The van der Waals surface area contributed by atoms with E-state index in [1.54, 1.807) is 34.6 Å². The Balaban J connectivity index is 1.68. The van der Waals surface area contributed by atoms with Crippen LogP contribution in [0.2, 0.25) is 0 Å². The van der Waals surface area contributed by atoms with Crippen molar-refractivity contribution in [1.82, 2.24) is 9.80 Å². The van der Waals surface area contributed by atoms with Gasteiger partial charge < -0.3 is 19.6 Å². The monoisotopic (exact) mass is 528 g/mol. The van der Waals surface area contributed by atoms with E-state index in [9.17, 15) is 14.4 Å². The first-order valence-corrected chi connectivity index (χ1v) is 14.4. The number of carbonyl (C=O) groups excluding carboxylic acids is 3. The van der Waals surface area contributed by atoms with Crippen molar-refractivity contribution in [3.05, 3.63) is 48.6 Å². The maximum absolute atomic E-state index is 14.4. The Morgan fingerprint density at radius 1 is 1.22 bits per heavy atom. The molecule has 202 valence electrons. The number of amides is 2. The Labute approximate surface area is 224 Å². The molecule has 3 saturated heterocycles. The van der Waals surface area contributed by atoms with E-state index in [0.717, 1.165) is 44.1 Å². The van der Waals surface area contributed by atoms with Gasteiger partial charge in [-0.05, 0) is 45.1 Å². The predicted molar refractivity (Wildman–Crippen MR) is 145 cm³/mol. The lowest BCUT2D eigenvalue weighted by Gasteiger charge is -2.37. The number of benzene rings is 1. The summed E-state index contributed by atoms with van der Waals surface area (Å²) in [5.74, 6) is -1.58.